The summed E-state index contributed by atoms with van der Waals surface area (Å²) < 4.78 is 5.48. The lowest BCUT2D eigenvalue weighted by atomic mass is 10.1. The van der Waals surface area contributed by atoms with Gasteiger partial charge in [-0.1, -0.05) is 44.2 Å². The second-order valence-electron chi connectivity index (χ2n) is 7.69. The fourth-order valence-corrected chi connectivity index (χ4v) is 3.97. The molecular formula is C25H29N3O2S. The first-order valence-corrected chi connectivity index (χ1v) is 11.2. The Morgan fingerprint density at radius 3 is 2.65 bits per heavy atom. The molecule has 3 aromatic rings. The molecule has 2 aromatic carbocycles. The Hall–Kier alpha value is -3.12. The zero-order valence-electron chi connectivity index (χ0n) is 18.3. The monoisotopic (exact) mass is 435 g/mol. The molecule has 0 saturated carbocycles. The third kappa shape index (κ3) is 5.95. The minimum atomic E-state index is -0.0374. The van der Waals surface area contributed by atoms with Gasteiger partial charge in [-0.05, 0) is 35.7 Å². The molecule has 0 aliphatic rings. The fraction of sp³-hybridized carbons (Fsp3) is 0.280. The Morgan fingerprint density at radius 1 is 1.23 bits per heavy atom. The molecule has 162 valence electrons. The number of carbonyl (C=O) groups is 1. The maximum atomic E-state index is 12.2. The molecular weight excluding hydrogens is 406 g/mol. The summed E-state index contributed by atoms with van der Waals surface area (Å²) in [5, 5.41) is 5.91. The van der Waals surface area contributed by atoms with Gasteiger partial charge in [0.1, 0.15) is 5.75 Å². The molecule has 0 atom stereocenters. The van der Waals surface area contributed by atoms with Crippen molar-refractivity contribution in [2.75, 3.05) is 25.1 Å². The highest BCUT2D eigenvalue weighted by atomic mass is 32.1. The van der Waals surface area contributed by atoms with E-state index in [0.29, 0.717) is 31.1 Å². The van der Waals surface area contributed by atoms with E-state index in [-0.39, 0.29) is 5.91 Å². The highest BCUT2D eigenvalue weighted by Crippen LogP contribution is 2.33. The molecule has 0 radical (unpaired) electrons. The van der Waals surface area contributed by atoms with Crippen LogP contribution in [0.1, 0.15) is 29.8 Å². The number of amides is 1. The van der Waals surface area contributed by atoms with Crippen LogP contribution in [-0.4, -0.2) is 31.1 Å². The van der Waals surface area contributed by atoms with E-state index < -0.39 is 0 Å². The quantitative estimate of drug-likeness (QED) is 0.434. The van der Waals surface area contributed by atoms with Gasteiger partial charge < -0.3 is 15.0 Å². The first kappa shape index (κ1) is 22.6. The smallest absolute Gasteiger partial charge is 0.251 e. The predicted molar refractivity (Wildman–Crippen MR) is 129 cm³/mol. The number of nitrogens with zero attached hydrogens (tertiary/aromatic N) is 2. The van der Waals surface area contributed by atoms with E-state index in [1.807, 2.05) is 60.0 Å². The number of aromatic nitrogens is 1. The van der Waals surface area contributed by atoms with Crippen molar-refractivity contribution >= 4 is 22.4 Å². The Balaban J connectivity index is 1.74. The lowest BCUT2D eigenvalue weighted by Crippen LogP contribution is -2.27. The number of hydrogen-bond acceptors (Lipinski definition) is 5. The largest absolute Gasteiger partial charge is 0.496 e. The van der Waals surface area contributed by atoms with E-state index in [4.69, 9.17) is 9.72 Å². The van der Waals surface area contributed by atoms with Crippen LogP contribution in [0.2, 0.25) is 0 Å². The molecule has 0 spiro atoms. The van der Waals surface area contributed by atoms with E-state index in [0.717, 1.165) is 27.7 Å². The van der Waals surface area contributed by atoms with E-state index in [1.54, 1.807) is 18.4 Å². The second-order valence-corrected chi connectivity index (χ2v) is 8.52. The molecule has 3 rings (SSSR count). The topological polar surface area (TPSA) is 54.5 Å². The summed E-state index contributed by atoms with van der Waals surface area (Å²) in [5.74, 6) is 1.19. The van der Waals surface area contributed by atoms with Crippen molar-refractivity contribution in [3.63, 3.8) is 0 Å². The minimum absolute atomic E-state index is 0.0374. The SMILES string of the molecule is C=CCN(Cc1ccc(C(=O)NCC(C)C)cc1)c1nc(-c2ccccc2OC)cs1. The number of thiazole rings is 1. The highest BCUT2D eigenvalue weighted by Gasteiger charge is 2.14. The first-order valence-electron chi connectivity index (χ1n) is 10.3. The van der Waals surface area contributed by atoms with Crippen molar-refractivity contribution in [2.45, 2.75) is 20.4 Å². The maximum absolute atomic E-state index is 12.2. The lowest BCUT2D eigenvalue weighted by molar-refractivity contribution is 0.0949. The third-order valence-corrected chi connectivity index (χ3v) is 5.66. The van der Waals surface area contributed by atoms with Crippen molar-refractivity contribution in [3.05, 3.63) is 77.7 Å². The Bertz CT molecular complexity index is 1010. The van der Waals surface area contributed by atoms with Crippen LogP contribution in [0.15, 0.2) is 66.6 Å². The Morgan fingerprint density at radius 2 is 1.97 bits per heavy atom. The highest BCUT2D eigenvalue weighted by molar-refractivity contribution is 7.14. The summed E-state index contributed by atoms with van der Waals surface area (Å²) in [6, 6.07) is 15.6. The molecule has 0 aliphatic heterocycles. The summed E-state index contributed by atoms with van der Waals surface area (Å²) in [6.07, 6.45) is 1.87. The molecule has 1 N–H and O–H groups in total. The molecule has 0 bridgehead atoms. The van der Waals surface area contributed by atoms with Crippen LogP contribution >= 0.6 is 11.3 Å². The number of methoxy groups -OCH3 is 1. The van der Waals surface area contributed by atoms with Gasteiger partial charge in [-0.2, -0.15) is 0 Å². The van der Waals surface area contributed by atoms with Crippen molar-refractivity contribution in [1.29, 1.82) is 0 Å². The van der Waals surface area contributed by atoms with Gasteiger partial charge in [-0.3, -0.25) is 4.79 Å². The molecule has 0 saturated heterocycles. The van der Waals surface area contributed by atoms with Gasteiger partial charge in [0.2, 0.25) is 0 Å². The third-order valence-electron chi connectivity index (χ3n) is 4.76. The number of nitrogens with one attached hydrogen (secondary N) is 1. The van der Waals surface area contributed by atoms with E-state index >= 15 is 0 Å². The summed E-state index contributed by atoms with van der Waals surface area (Å²) in [7, 11) is 1.67. The molecule has 31 heavy (non-hydrogen) atoms. The van der Waals surface area contributed by atoms with Gasteiger partial charge in [0.05, 0.1) is 12.8 Å². The van der Waals surface area contributed by atoms with Crippen molar-refractivity contribution in [3.8, 4) is 17.0 Å². The second kappa shape index (κ2) is 10.8. The van der Waals surface area contributed by atoms with Gasteiger partial charge in [-0.25, -0.2) is 4.98 Å². The van der Waals surface area contributed by atoms with Gasteiger partial charge in [-0.15, -0.1) is 17.9 Å². The lowest BCUT2D eigenvalue weighted by Gasteiger charge is -2.20. The van der Waals surface area contributed by atoms with E-state index in [2.05, 4.69) is 30.6 Å². The van der Waals surface area contributed by atoms with Crippen LogP contribution in [-0.2, 0) is 6.54 Å². The standard InChI is InChI=1S/C25H29N3O2S/c1-5-14-28(16-19-10-12-20(13-11-19)24(29)26-15-18(2)3)25-27-22(17-31-25)21-8-6-7-9-23(21)30-4/h5-13,17-18H,1,14-16H2,2-4H3,(H,26,29). The van der Waals surface area contributed by atoms with Crippen LogP contribution in [0.3, 0.4) is 0 Å². The van der Waals surface area contributed by atoms with E-state index in [9.17, 15) is 4.79 Å². The van der Waals surface area contributed by atoms with Gasteiger partial charge in [0.25, 0.3) is 5.91 Å². The maximum Gasteiger partial charge on any atom is 0.251 e. The predicted octanol–water partition coefficient (Wildman–Crippen LogP) is 5.40. The molecule has 1 amide bonds. The van der Waals surface area contributed by atoms with Crippen LogP contribution in [0.4, 0.5) is 5.13 Å². The van der Waals surface area contributed by atoms with E-state index in [1.165, 1.54) is 0 Å². The van der Waals surface area contributed by atoms with Gasteiger partial charge >= 0.3 is 0 Å². The summed E-state index contributed by atoms with van der Waals surface area (Å²) >= 11 is 1.60. The molecule has 1 heterocycles. The molecule has 0 fully saturated rings. The fourth-order valence-electron chi connectivity index (χ4n) is 3.14. The van der Waals surface area contributed by atoms with Crippen molar-refractivity contribution in [2.24, 2.45) is 5.92 Å². The summed E-state index contributed by atoms with van der Waals surface area (Å²) in [5.41, 5.74) is 3.65. The molecule has 5 nitrogen and oxygen atoms in total. The summed E-state index contributed by atoms with van der Waals surface area (Å²) in [6.45, 7) is 10.1. The Kier molecular flexibility index (Phi) is 7.84. The number of ether oxygens (including phenoxy) is 1. The van der Waals surface area contributed by atoms with Crippen LogP contribution in [0.25, 0.3) is 11.3 Å². The molecule has 0 unspecified atom stereocenters. The number of carbonyl (C=O) groups excluding carboxylic acids is 1. The zero-order chi connectivity index (χ0) is 22.2. The Labute approximate surface area is 188 Å². The normalized spacial score (nSPS) is 10.7. The number of para-hydroxylation sites is 1. The van der Waals surface area contributed by atoms with Crippen LogP contribution in [0, 0.1) is 5.92 Å². The average Bonchev–Trinajstić information content (AvgIpc) is 3.27. The van der Waals surface area contributed by atoms with Gasteiger partial charge in [0, 0.05) is 36.1 Å². The first-order chi connectivity index (χ1) is 15.0. The van der Waals surface area contributed by atoms with Crippen molar-refractivity contribution < 1.29 is 9.53 Å². The number of benzene rings is 2. The van der Waals surface area contributed by atoms with Gasteiger partial charge in [0.15, 0.2) is 5.13 Å². The number of anilines is 1. The molecule has 0 aliphatic carbocycles. The van der Waals surface area contributed by atoms with Crippen LogP contribution < -0.4 is 15.0 Å². The minimum Gasteiger partial charge on any atom is -0.496 e. The average molecular weight is 436 g/mol. The van der Waals surface area contributed by atoms with Crippen LogP contribution in [0.5, 0.6) is 5.75 Å². The zero-order valence-corrected chi connectivity index (χ0v) is 19.1. The number of rotatable bonds is 10. The molecule has 6 heteroatoms. The number of hydrogen-bond donors (Lipinski definition) is 1. The summed E-state index contributed by atoms with van der Waals surface area (Å²) in [4.78, 5) is 19.3. The van der Waals surface area contributed by atoms with Crippen molar-refractivity contribution in [1.82, 2.24) is 10.3 Å². The molecule has 1 aromatic heterocycles.